The van der Waals surface area contributed by atoms with E-state index in [4.69, 9.17) is 9.47 Å². The first-order valence-electron chi connectivity index (χ1n) is 8.05. The molecule has 1 aliphatic heterocycles. The summed E-state index contributed by atoms with van der Waals surface area (Å²) >= 11 is 0. The zero-order valence-electron chi connectivity index (χ0n) is 14.5. The summed E-state index contributed by atoms with van der Waals surface area (Å²) in [5, 5.41) is 25.5. The van der Waals surface area contributed by atoms with Crippen LogP contribution in [-0.2, 0) is 9.53 Å². The van der Waals surface area contributed by atoms with Crippen LogP contribution in [-0.4, -0.2) is 47.1 Å². The zero-order chi connectivity index (χ0) is 18.6. The third kappa shape index (κ3) is 5.61. The van der Waals surface area contributed by atoms with Crippen LogP contribution in [0, 0.1) is 0 Å². The van der Waals surface area contributed by atoms with Crippen molar-refractivity contribution in [2.45, 2.75) is 45.0 Å². The number of amides is 2. The third-order valence-corrected chi connectivity index (χ3v) is 3.45. The summed E-state index contributed by atoms with van der Waals surface area (Å²) in [4.78, 5) is 22.8. The number of hydrogen-bond donors (Lipinski definition) is 4. The van der Waals surface area contributed by atoms with E-state index in [1.807, 2.05) is 0 Å². The Kier molecular flexibility index (Phi) is 5.86. The number of carbonyl (C=O) groups is 2. The highest BCUT2D eigenvalue weighted by atomic mass is 16.6. The van der Waals surface area contributed by atoms with Crippen LogP contribution in [0.1, 0.15) is 38.9 Å². The number of alkyl carbamates (subject to hydrolysis) is 1. The summed E-state index contributed by atoms with van der Waals surface area (Å²) in [6, 6.07) is 4.78. The summed E-state index contributed by atoms with van der Waals surface area (Å²) in [5.74, 6) is 0.198. The fourth-order valence-corrected chi connectivity index (χ4v) is 2.29. The summed E-state index contributed by atoms with van der Waals surface area (Å²) in [6.45, 7) is 5.34. The van der Waals surface area contributed by atoms with Gasteiger partial charge in [-0.05, 0) is 44.9 Å². The molecule has 4 N–H and O–H groups in total. The molecular weight excluding hydrogens is 328 g/mol. The lowest BCUT2D eigenvalue weighted by Gasteiger charge is -2.23. The first-order valence-corrected chi connectivity index (χ1v) is 8.05. The Balaban J connectivity index is 1.87. The number of fused-ring (bicyclic) bond motifs is 1. The van der Waals surface area contributed by atoms with Crippen LogP contribution in [0.3, 0.4) is 0 Å². The summed E-state index contributed by atoms with van der Waals surface area (Å²) in [5.41, 5.74) is 0.383. The number of hydrogen-bond acceptors (Lipinski definition) is 6. The van der Waals surface area contributed by atoms with Gasteiger partial charge in [-0.25, -0.2) is 4.79 Å². The first kappa shape index (κ1) is 19.0. The maximum absolute atomic E-state index is 11.5. The standard InChI is InChI=1S/C17H24N2O6/c1-17(2,3)25-16(23)18-7-6-12(20)15(22)10-4-5-11-13(8-10)24-9-14(21)19-11/h4-5,8,12,15,20,22H,6-7,9H2,1-3H3,(H,18,23)(H,19,21). The van der Waals surface area contributed by atoms with Crippen molar-refractivity contribution in [1.29, 1.82) is 0 Å². The van der Waals surface area contributed by atoms with Crippen molar-refractivity contribution < 1.29 is 29.3 Å². The third-order valence-electron chi connectivity index (χ3n) is 3.45. The van der Waals surface area contributed by atoms with Gasteiger partial charge in [0.2, 0.25) is 0 Å². The lowest BCUT2D eigenvalue weighted by Crippen LogP contribution is -2.34. The van der Waals surface area contributed by atoms with Crippen LogP contribution in [0.15, 0.2) is 18.2 Å². The Morgan fingerprint density at radius 1 is 1.40 bits per heavy atom. The lowest BCUT2D eigenvalue weighted by molar-refractivity contribution is -0.118. The molecule has 1 aromatic carbocycles. The number of aliphatic hydroxyl groups excluding tert-OH is 2. The molecule has 0 saturated heterocycles. The average molecular weight is 352 g/mol. The second-order valence-corrected chi connectivity index (χ2v) is 6.82. The van der Waals surface area contributed by atoms with E-state index in [9.17, 15) is 19.8 Å². The lowest BCUT2D eigenvalue weighted by atomic mass is 10.0. The van der Waals surface area contributed by atoms with Crippen LogP contribution in [0.25, 0.3) is 0 Å². The highest BCUT2D eigenvalue weighted by molar-refractivity contribution is 5.95. The largest absolute Gasteiger partial charge is 0.482 e. The van der Waals surface area contributed by atoms with Crippen molar-refractivity contribution in [2.24, 2.45) is 0 Å². The van der Waals surface area contributed by atoms with Gasteiger partial charge in [-0.2, -0.15) is 0 Å². The second-order valence-electron chi connectivity index (χ2n) is 6.82. The maximum atomic E-state index is 11.5. The molecule has 1 heterocycles. The topological polar surface area (TPSA) is 117 Å². The van der Waals surface area contributed by atoms with Gasteiger partial charge in [0, 0.05) is 6.54 Å². The first-order chi connectivity index (χ1) is 11.7. The fourth-order valence-electron chi connectivity index (χ4n) is 2.29. The number of ether oxygens (including phenoxy) is 2. The van der Waals surface area contributed by atoms with Gasteiger partial charge >= 0.3 is 6.09 Å². The molecule has 2 rings (SSSR count). The monoisotopic (exact) mass is 352 g/mol. The summed E-state index contributed by atoms with van der Waals surface area (Å²) < 4.78 is 10.4. The van der Waals surface area contributed by atoms with Gasteiger partial charge in [-0.15, -0.1) is 0 Å². The molecule has 0 aliphatic carbocycles. The molecule has 0 saturated carbocycles. The van der Waals surface area contributed by atoms with Crippen molar-refractivity contribution in [1.82, 2.24) is 5.32 Å². The molecule has 8 heteroatoms. The minimum Gasteiger partial charge on any atom is -0.482 e. The van der Waals surface area contributed by atoms with E-state index in [1.54, 1.807) is 39.0 Å². The van der Waals surface area contributed by atoms with Crippen LogP contribution in [0.4, 0.5) is 10.5 Å². The predicted octanol–water partition coefficient (Wildman–Crippen LogP) is 1.33. The van der Waals surface area contributed by atoms with Gasteiger partial charge in [0.1, 0.15) is 17.5 Å². The number of aliphatic hydroxyl groups is 2. The van der Waals surface area contributed by atoms with Crippen molar-refractivity contribution in [3.8, 4) is 5.75 Å². The molecule has 0 fully saturated rings. The number of carbonyl (C=O) groups excluding carboxylic acids is 2. The molecular formula is C17H24N2O6. The number of rotatable bonds is 5. The van der Waals surface area contributed by atoms with Gasteiger partial charge in [-0.1, -0.05) is 6.07 Å². The van der Waals surface area contributed by atoms with E-state index >= 15 is 0 Å². The molecule has 1 aliphatic rings. The number of nitrogens with one attached hydrogen (secondary N) is 2. The zero-order valence-corrected chi connectivity index (χ0v) is 14.5. The van der Waals surface area contributed by atoms with Gasteiger partial charge in [0.25, 0.3) is 5.91 Å². The SMILES string of the molecule is CC(C)(C)OC(=O)NCCC(O)C(O)c1ccc2c(c1)OCC(=O)N2. The highest BCUT2D eigenvalue weighted by Crippen LogP contribution is 2.31. The van der Waals surface area contributed by atoms with E-state index in [0.29, 0.717) is 17.0 Å². The Morgan fingerprint density at radius 2 is 2.12 bits per heavy atom. The van der Waals surface area contributed by atoms with Crippen molar-refractivity contribution >= 4 is 17.7 Å². The molecule has 0 aromatic heterocycles. The molecule has 0 radical (unpaired) electrons. The smallest absolute Gasteiger partial charge is 0.407 e. The fraction of sp³-hybridized carbons (Fsp3) is 0.529. The van der Waals surface area contributed by atoms with Gasteiger partial charge in [0.05, 0.1) is 11.8 Å². The van der Waals surface area contributed by atoms with Gasteiger partial charge < -0.3 is 30.3 Å². The minimum absolute atomic E-state index is 0.0884. The molecule has 8 nitrogen and oxygen atoms in total. The highest BCUT2D eigenvalue weighted by Gasteiger charge is 2.23. The van der Waals surface area contributed by atoms with E-state index in [0.717, 1.165) is 0 Å². The Hall–Kier alpha value is -2.32. The van der Waals surface area contributed by atoms with Crippen LogP contribution in [0.5, 0.6) is 5.75 Å². The van der Waals surface area contributed by atoms with Crippen LogP contribution in [0.2, 0.25) is 0 Å². The molecule has 1 aromatic rings. The van der Waals surface area contributed by atoms with Gasteiger partial charge in [-0.3, -0.25) is 4.79 Å². The minimum atomic E-state index is -1.15. The molecule has 0 spiro atoms. The molecule has 2 unspecified atom stereocenters. The van der Waals surface area contributed by atoms with Crippen molar-refractivity contribution in [3.05, 3.63) is 23.8 Å². The number of anilines is 1. The molecule has 0 bridgehead atoms. The quantitative estimate of drug-likeness (QED) is 0.635. The van der Waals surface area contributed by atoms with E-state index in [-0.39, 0.29) is 25.5 Å². The molecule has 2 amide bonds. The van der Waals surface area contributed by atoms with Crippen molar-refractivity contribution in [2.75, 3.05) is 18.5 Å². The number of benzene rings is 1. The molecule has 25 heavy (non-hydrogen) atoms. The normalized spacial score (nSPS) is 16.1. The molecule has 138 valence electrons. The van der Waals surface area contributed by atoms with Crippen LogP contribution < -0.4 is 15.4 Å². The summed E-state index contributed by atoms with van der Waals surface area (Å²) in [6.07, 6.45) is -2.65. The Labute approximate surface area is 146 Å². The van der Waals surface area contributed by atoms with E-state index < -0.39 is 23.9 Å². The Morgan fingerprint density at radius 3 is 2.80 bits per heavy atom. The van der Waals surface area contributed by atoms with Gasteiger partial charge in [0.15, 0.2) is 6.61 Å². The maximum Gasteiger partial charge on any atom is 0.407 e. The van der Waals surface area contributed by atoms with E-state index in [1.165, 1.54) is 0 Å². The average Bonchev–Trinajstić information content (AvgIpc) is 2.51. The summed E-state index contributed by atoms with van der Waals surface area (Å²) in [7, 11) is 0. The second kappa shape index (κ2) is 7.71. The van der Waals surface area contributed by atoms with Crippen molar-refractivity contribution in [3.63, 3.8) is 0 Å². The van der Waals surface area contributed by atoms with Crippen LogP contribution >= 0.6 is 0 Å². The molecule has 2 atom stereocenters. The Bertz CT molecular complexity index is 641. The van der Waals surface area contributed by atoms with E-state index in [2.05, 4.69) is 10.6 Å². The predicted molar refractivity (Wildman–Crippen MR) is 90.4 cm³/mol.